The highest BCUT2D eigenvalue weighted by Crippen LogP contribution is 2.51. The molecule has 11 nitrogen and oxygen atoms in total. The summed E-state index contributed by atoms with van der Waals surface area (Å²) in [4.78, 5) is 24.1. The van der Waals surface area contributed by atoms with E-state index < -0.39 is 11.8 Å². The summed E-state index contributed by atoms with van der Waals surface area (Å²) in [7, 11) is 3.47. The summed E-state index contributed by atoms with van der Waals surface area (Å²) in [6.45, 7) is 6.32. The van der Waals surface area contributed by atoms with Crippen molar-refractivity contribution >= 4 is 17.3 Å². The van der Waals surface area contributed by atoms with Crippen LogP contribution in [0, 0.1) is 11.3 Å². The van der Waals surface area contributed by atoms with Gasteiger partial charge in [-0.2, -0.15) is 10.4 Å². The molecule has 5 aliphatic rings. The summed E-state index contributed by atoms with van der Waals surface area (Å²) < 4.78 is 30.1. The van der Waals surface area contributed by atoms with Crippen molar-refractivity contribution in [1.82, 2.24) is 24.6 Å². The van der Waals surface area contributed by atoms with E-state index >= 15 is 0 Å². The Bertz CT molecular complexity index is 1850. The monoisotopic (exact) mass is 668 g/mol. The van der Waals surface area contributed by atoms with Crippen LogP contribution in [0.3, 0.4) is 0 Å². The van der Waals surface area contributed by atoms with Crippen LogP contribution in [0.1, 0.15) is 95.5 Å². The molecule has 49 heavy (non-hydrogen) atoms. The second kappa shape index (κ2) is 12.0. The number of ether oxygens (including phenoxy) is 2. The van der Waals surface area contributed by atoms with Crippen LogP contribution in [0.5, 0.6) is 5.88 Å². The Kier molecular flexibility index (Phi) is 7.83. The third-order valence-corrected chi connectivity index (χ3v) is 11.7. The first-order valence-corrected chi connectivity index (χ1v) is 17.6. The van der Waals surface area contributed by atoms with E-state index in [1.54, 1.807) is 19.0 Å². The van der Waals surface area contributed by atoms with Gasteiger partial charge in [0.25, 0.3) is 5.91 Å². The van der Waals surface area contributed by atoms with E-state index in [4.69, 9.17) is 20.2 Å². The molecule has 2 fully saturated rings. The van der Waals surface area contributed by atoms with Crippen LogP contribution >= 0.6 is 0 Å². The molecule has 1 amide bonds. The summed E-state index contributed by atoms with van der Waals surface area (Å²) >= 11 is 0. The number of carbonyl (C=O) groups excluding carboxylic acids is 1. The largest absolute Gasteiger partial charge is 0.476 e. The number of hydrogen-bond acceptors (Lipinski definition) is 9. The third kappa shape index (κ3) is 5.33. The van der Waals surface area contributed by atoms with Gasteiger partial charge in [-0.3, -0.25) is 14.4 Å². The van der Waals surface area contributed by atoms with Crippen molar-refractivity contribution in [2.24, 2.45) is 0 Å². The van der Waals surface area contributed by atoms with Crippen LogP contribution in [-0.2, 0) is 36.5 Å². The molecule has 4 atom stereocenters. The lowest BCUT2D eigenvalue weighted by Gasteiger charge is -2.45. The number of anilines is 2. The Labute approximate surface area is 286 Å². The van der Waals surface area contributed by atoms with Gasteiger partial charge in [0.15, 0.2) is 5.69 Å². The zero-order valence-electron chi connectivity index (χ0n) is 28.7. The van der Waals surface area contributed by atoms with E-state index in [9.17, 15) is 14.4 Å². The average molecular weight is 669 g/mol. The number of alkyl halides is 1. The number of nitrogen functional groups attached to an aromatic ring is 1. The molecule has 0 bridgehead atoms. The molecule has 1 aliphatic carbocycles. The number of nitrogens with two attached hydrogens (primary N) is 1. The first-order chi connectivity index (χ1) is 23.6. The lowest BCUT2D eigenvalue weighted by atomic mass is 9.69. The van der Waals surface area contributed by atoms with Crippen molar-refractivity contribution in [3.05, 3.63) is 63.6 Å². The number of carbonyl (C=O) groups is 1. The molecule has 0 saturated carbocycles. The van der Waals surface area contributed by atoms with Crippen molar-refractivity contribution < 1.29 is 18.7 Å². The molecule has 12 heteroatoms. The summed E-state index contributed by atoms with van der Waals surface area (Å²) in [5.41, 5.74) is 12.6. The SMILES string of the molecule is C[C@H]1CC[C@]2(Cc3nc(OC[C@@]45CCCN4C[C@H](F)C5)cc(N4CCCn5nc(C(=O)N(C)C)cc5C4)c3CO2)c2c1ccc(N)c2C#N. The van der Waals surface area contributed by atoms with Gasteiger partial charge < -0.3 is 25.0 Å². The maximum absolute atomic E-state index is 14.6. The zero-order chi connectivity index (χ0) is 34.1. The minimum absolute atomic E-state index is 0.120. The Hall–Kier alpha value is -4.21. The first kappa shape index (κ1) is 32.0. The molecule has 0 radical (unpaired) electrons. The minimum atomic E-state index is -0.838. The number of halogens is 1. The molecule has 3 aromatic rings. The van der Waals surface area contributed by atoms with Crippen LogP contribution < -0.4 is 15.4 Å². The molecule has 4 aliphatic heterocycles. The number of pyridine rings is 1. The van der Waals surface area contributed by atoms with E-state index in [1.807, 2.05) is 22.9 Å². The number of amides is 1. The third-order valence-electron chi connectivity index (χ3n) is 11.7. The summed E-state index contributed by atoms with van der Waals surface area (Å²) in [6, 6.07) is 10.2. The average Bonchev–Trinajstić information content (AvgIpc) is 3.71. The first-order valence-electron chi connectivity index (χ1n) is 17.6. The van der Waals surface area contributed by atoms with Gasteiger partial charge in [0.05, 0.1) is 35.6 Å². The fourth-order valence-corrected chi connectivity index (χ4v) is 9.14. The molecule has 2 N–H and O–H groups in total. The quantitative estimate of drug-likeness (QED) is 0.387. The minimum Gasteiger partial charge on any atom is -0.476 e. The summed E-state index contributed by atoms with van der Waals surface area (Å²) in [5, 5.41) is 14.9. The highest BCUT2D eigenvalue weighted by Gasteiger charge is 2.50. The number of nitriles is 1. The lowest BCUT2D eigenvalue weighted by molar-refractivity contribution is -0.0871. The van der Waals surface area contributed by atoms with Gasteiger partial charge in [-0.05, 0) is 62.3 Å². The van der Waals surface area contributed by atoms with Gasteiger partial charge in [0, 0.05) is 75.1 Å². The molecule has 1 spiro atoms. The van der Waals surface area contributed by atoms with E-state index in [0.717, 1.165) is 79.0 Å². The van der Waals surface area contributed by atoms with Gasteiger partial charge in [-0.1, -0.05) is 13.0 Å². The van der Waals surface area contributed by atoms with Crippen molar-refractivity contribution in [2.45, 2.75) is 94.8 Å². The number of benzene rings is 1. The van der Waals surface area contributed by atoms with Crippen LogP contribution in [-0.4, -0.2) is 82.5 Å². The van der Waals surface area contributed by atoms with E-state index in [1.165, 1.54) is 0 Å². The smallest absolute Gasteiger partial charge is 0.273 e. The summed E-state index contributed by atoms with van der Waals surface area (Å²) in [6.07, 6.45) is 4.61. The number of hydrogen-bond donors (Lipinski definition) is 1. The van der Waals surface area contributed by atoms with E-state index in [2.05, 4.69) is 34.0 Å². The Balaban J connectivity index is 1.19. The zero-order valence-corrected chi connectivity index (χ0v) is 28.7. The van der Waals surface area contributed by atoms with Gasteiger partial charge >= 0.3 is 0 Å². The highest BCUT2D eigenvalue weighted by molar-refractivity contribution is 5.92. The van der Waals surface area contributed by atoms with Crippen LogP contribution in [0.15, 0.2) is 24.3 Å². The van der Waals surface area contributed by atoms with Gasteiger partial charge in [-0.25, -0.2) is 9.37 Å². The van der Waals surface area contributed by atoms with E-state index in [0.29, 0.717) is 68.5 Å². The number of nitrogens with zero attached hydrogens (tertiary/aromatic N) is 7. The Morgan fingerprint density at radius 3 is 2.90 bits per heavy atom. The van der Waals surface area contributed by atoms with Crippen molar-refractivity contribution in [3.63, 3.8) is 0 Å². The van der Waals surface area contributed by atoms with Gasteiger partial charge in [0.1, 0.15) is 24.4 Å². The standard InChI is InChI=1S/C37H45FN8O3/c1-23-8-10-37(34-26(23)6-7-29(40)27(34)18-39)17-31-28(21-49-37)32(15-33(41-31)48-22-36-9-4-12-45(36)19-24(38)16-36)44-11-5-13-46-25(20-44)14-30(42-46)35(47)43(2)3/h6-7,14-15,23-24H,4-5,8-13,16-17,19-22,40H2,1-3H3/t23-,24+,36-,37-/m0/s1. The maximum atomic E-state index is 14.6. The van der Waals surface area contributed by atoms with Crippen LogP contribution in [0.2, 0.25) is 0 Å². The molecule has 2 aromatic heterocycles. The molecule has 2 saturated heterocycles. The van der Waals surface area contributed by atoms with Gasteiger partial charge in [-0.15, -0.1) is 0 Å². The Morgan fingerprint density at radius 1 is 1.22 bits per heavy atom. The molecule has 258 valence electrons. The van der Waals surface area contributed by atoms with E-state index in [-0.39, 0.29) is 17.4 Å². The van der Waals surface area contributed by atoms with Crippen LogP contribution in [0.4, 0.5) is 15.8 Å². The topological polar surface area (TPSA) is 126 Å². The van der Waals surface area contributed by atoms with Gasteiger partial charge in [0.2, 0.25) is 5.88 Å². The number of rotatable bonds is 5. The molecule has 0 unspecified atom stereocenters. The van der Waals surface area contributed by atoms with Crippen molar-refractivity contribution in [2.75, 3.05) is 51.0 Å². The normalized spacial score (nSPS) is 27.5. The predicted octanol–water partition coefficient (Wildman–Crippen LogP) is 4.66. The molecular weight excluding hydrogens is 623 g/mol. The predicted molar refractivity (Wildman–Crippen MR) is 182 cm³/mol. The summed E-state index contributed by atoms with van der Waals surface area (Å²) in [5.74, 6) is 0.681. The lowest BCUT2D eigenvalue weighted by Crippen LogP contribution is -2.44. The Morgan fingerprint density at radius 2 is 2.08 bits per heavy atom. The number of fused-ring (bicyclic) bond motifs is 5. The maximum Gasteiger partial charge on any atom is 0.273 e. The fourth-order valence-electron chi connectivity index (χ4n) is 9.14. The van der Waals surface area contributed by atoms with Crippen molar-refractivity contribution in [3.8, 4) is 11.9 Å². The second-order valence-electron chi connectivity index (χ2n) is 15.0. The van der Waals surface area contributed by atoms with Crippen molar-refractivity contribution in [1.29, 1.82) is 5.26 Å². The molecular formula is C37H45FN8O3. The molecule has 6 heterocycles. The second-order valence-corrected chi connectivity index (χ2v) is 15.0. The molecule has 1 aromatic carbocycles. The number of aryl methyl sites for hydroxylation is 1. The highest BCUT2D eigenvalue weighted by atomic mass is 19.1. The van der Waals surface area contributed by atoms with Crippen LogP contribution in [0.25, 0.3) is 0 Å². The fraction of sp³-hybridized carbons (Fsp3) is 0.568. The molecule has 8 rings (SSSR count). The number of aromatic nitrogens is 3.